The number of benzene rings is 1. The van der Waals surface area contributed by atoms with Gasteiger partial charge in [0.2, 0.25) is 12.3 Å². The van der Waals surface area contributed by atoms with Crippen molar-refractivity contribution < 1.29 is 13.8 Å². The van der Waals surface area contributed by atoms with E-state index in [1.165, 1.54) is 24.3 Å². The van der Waals surface area contributed by atoms with Crippen molar-refractivity contribution in [2.45, 2.75) is 20.4 Å². The van der Waals surface area contributed by atoms with Crippen molar-refractivity contribution >= 4 is 5.78 Å². The smallest absolute Gasteiger partial charge is 0.227 e. The fourth-order valence-corrected chi connectivity index (χ4v) is 1.80. The van der Waals surface area contributed by atoms with Crippen LogP contribution < -0.4 is 4.57 Å². The van der Waals surface area contributed by atoms with Crippen LogP contribution in [0.5, 0.6) is 0 Å². The highest BCUT2D eigenvalue weighted by Gasteiger charge is 2.15. The van der Waals surface area contributed by atoms with Gasteiger partial charge in [-0.2, -0.15) is 4.57 Å². The number of carbonyl (C=O) groups excluding carboxylic acids is 1. The Morgan fingerprint density at radius 2 is 1.83 bits per heavy atom. The fraction of sp³-hybridized carbons (Fsp3) is 0.200. The van der Waals surface area contributed by atoms with Gasteiger partial charge in [-0.05, 0) is 37.3 Å². The van der Waals surface area contributed by atoms with Gasteiger partial charge in [0.15, 0.2) is 11.9 Å². The third-order valence-corrected chi connectivity index (χ3v) is 3.09. The van der Waals surface area contributed by atoms with Gasteiger partial charge in [0, 0.05) is 24.1 Å². The molecule has 1 aromatic carbocycles. The van der Waals surface area contributed by atoms with E-state index in [1.54, 1.807) is 0 Å². The Balaban J connectivity index is 2.21. The highest BCUT2D eigenvalue weighted by molar-refractivity contribution is 5.94. The monoisotopic (exact) mass is 244 g/mol. The molecular formula is C15H15FNO+. The number of Topliss-reactive ketones (excluding diaryl/α,β-unsaturated/α-hetero) is 1. The van der Waals surface area contributed by atoms with Gasteiger partial charge in [-0.15, -0.1) is 0 Å². The van der Waals surface area contributed by atoms with Crippen LogP contribution in [0.15, 0.2) is 42.6 Å². The van der Waals surface area contributed by atoms with Gasteiger partial charge in [-0.25, -0.2) is 4.39 Å². The van der Waals surface area contributed by atoms with E-state index in [9.17, 15) is 9.18 Å². The molecule has 0 amide bonds. The van der Waals surface area contributed by atoms with Crippen LogP contribution in [0.25, 0.3) is 0 Å². The molecule has 18 heavy (non-hydrogen) atoms. The minimum Gasteiger partial charge on any atom is -0.287 e. The van der Waals surface area contributed by atoms with Crippen LogP contribution in [-0.2, 0) is 6.54 Å². The molecule has 1 heterocycles. The molecule has 92 valence electrons. The minimum atomic E-state index is -0.328. The van der Waals surface area contributed by atoms with E-state index in [4.69, 9.17) is 0 Å². The summed E-state index contributed by atoms with van der Waals surface area (Å²) in [7, 11) is 0. The molecule has 0 unspecified atom stereocenters. The molecule has 0 spiro atoms. The Hall–Kier alpha value is -2.03. The van der Waals surface area contributed by atoms with Crippen molar-refractivity contribution in [2.75, 3.05) is 0 Å². The summed E-state index contributed by atoms with van der Waals surface area (Å²) in [6.45, 7) is 4.26. The summed E-state index contributed by atoms with van der Waals surface area (Å²) in [6, 6.07) is 9.57. The molecule has 0 atom stereocenters. The highest BCUT2D eigenvalue weighted by atomic mass is 19.1. The van der Waals surface area contributed by atoms with Crippen molar-refractivity contribution in [3.8, 4) is 0 Å². The molecule has 0 bridgehead atoms. The Labute approximate surface area is 106 Å². The SMILES string of the molecule is Cc1ccc[n+](CC(=O)c2ccc(F)cc2)c1C. The Morgan fingerprint density at radius 3 is 2.50 bits per heavy atom. The van der Waals surface area contributed by atoms with Gasteiger partial charge < -0.3 is 0 Å². The summed E-state index contributed by atoms with van der Waals surface area (Å²) in [6.07, 6.45) is 1.88. The highest BCUT2D eigenvalue weighted by Crippen LogP contribution is 2.05. The first-order valence-electron chi connectivity index (χ1n) is 5.82. The number of halogens is 1. The summed E-state index contributed by atoms with van der Waals surface area (Å²) in [4.78, 5) is 12.0. The number of ketones is 1. The van der Waals surface area contributed by atoms with Crippen molar-refractivity contribution in [2.24, 2.45) is 0 Å². The number of aromatic nitrogens is 1. The quantitative estimate of drug-likeness (QED) is 0.600. The third kappa shape index (κ3) is 2.62. The van der Waals surface area contributed by atoms with Crippen LogP contribution >= 0.6 is 0 Å². The van der Waals surface area contributed by atoms with E-state index in [2.05, 4.69) is 0 Å². The molecule has 0 N–H and O–H groups in total. The topological polar surface area (TPSA) is 20.9 Å². The lowest BCUT2D eigenvalue weighted by Gasteiger charge is -2.02. The predicted octanol–water partition coefficient (Wildman–Crippen LogP) is 2.61. The first-order chi connectivity index (χ1) is 8.58. The molecule has 2 nitrogen and oxygen atoms in total. The van der Waals surface area contributed by atoms with Gasteiger partial charge in [0.05, 0.1) is 0 Å². The molecular weight excluding hydrogens is 229 g/mol. The van der Waals surface area contributed by atoms with E-state index >= 15 is 0 Å². The predicted molar refractivity (Wildman–Crippen MR) is 66.8 cm³/mol. The van der Waals surface area contributed by atoms with Crippen molar-refractivity contribution in [3.05, 3.63) is 65.2 Å². The fourth-order valence-electron chi connectivity index (χ4n) is 1.80. The van der Waals surface area contributed by atoms with E-state index in [1.807, 2.05) is 36.7 Å². The normalized spacial score (nSPS) is 10.4. The lowest BCUT2D eigenvalue weighted by atomic mass is 10.1. The summed E-state index contributed by atoms with van der Waals surface area (Å²) in [5, 5.41) is 0. The van der Waals surface area contributed by atoms with E-state index < -0.39 is 0 Å². The summed E-state index contributed by atoms with van der Waals surface area (Å²) < 4.78 is 14.7. The number of nitrogens with zero attached hydrogens (tertiary/aromatic N) is 1. The maximum absolute atomic E-state index is 12.8. The summed E-state index contributed by atoms with van der Waals surface area (Å²) in [5.41, 5.74) is 2.74. The molecule has 2 rings (SSSR count). The Morgan fingerprint density at radius 1 is 1.17 bits per heavy atom. The standard InChI is InChI=1S/C15H15FNO/c1-11-4-3-9-17(12(11)2)10-15(18)13-5-7-14(16)8-6-13/h3-9H,10H2,1-2H3/q+1. The first-order valence-corrected chi connectivity index (χ1v) is 5.82. The molecule has 0 radical (unpaired) electrons. The molecule has 0 aliphatic rings. The molecule has 2 aromatic rings. The zero-order valence-electron chi connectivity index (χ0n) is 10.5. The van der Waals surface area contributed by atoms with E-state index in [0.29, 0.717) is 5.56 Å². The van der Waals surface area contributed by atoms with Gasteiger partial charge in [0.25, 0.3) is 0 Å². The minimum absolute atomic E-state index is 0.0197. The average molecular weight is 244 g/mol. The zero-order valence-corrected chi connectivity index (χ0v) is 10.5. The molecule has 0 aliphatic heterocycles. The zero-order chi connectivity index (χ0) is 13.1. The van der Waals surface area contributed by atoms with Crippen LogP contribution in [-0.4, -0.2) is 5.78 Å². The van der Waals surface area contributed by atoms with Crippen LogP contribution in [0.4, 0.5) is 4.39 Å². The summed E-state index contributed by atoms with van der Waals surface area (Å²) in [5.74, 6) is -0.348. The Kier molecular flexibility index (Phi) is 3.51. The van der Waals surface area contributed by atoms with Gasteiger partial charge in [-0.1, -0.05) is 0 Å². The van der Waals surface area contributed by atoms with Gasteiger partial charge >= 0.3 is 0 Å². The molecule has 0 saturated heterocycles. The first kappa shape index (κ1) is 12.4. The van der Waals surface area contributed by atoms with Crippen LogP contribution in [0.3, 0.4) is 0 Å². The van der Waals surface area contributed by atoms with Crippen LogP contribution in [0.2, 0.25) is 0 Å². The third-order valence-electron chi connectivity index (χ3n) is 3.09. The number of pyridine rings is 1. The van der Waals surface area contributed by atoms with Crippen LogP contribution in [0.1, 0.15) is 21.6 Å². The number of rotatable bonds is 3. The number of carbonyl (C=O) groups is 1. The van der Waals surface area contributed by atoms with Gasteiger partial charge in [0.1, 0.15) is 5.82 Å². The van der Waals surface area contributed by atoms with E-state index in [0.717, 1.165) is 11.3 Å². The van der Waals surface area contributed by atoms with Crippen LogP contribution in [0, 0.1) is 19.7 Å². The van der Waals surface area contributed by atoms with Crippen molar-refractivity contribution in [3.63, 3.8) is 0 Å². The largest absolute Gasteiger partial charge is 0.287 e. The molecule has 0 aliphatic carbocycles. The number of hydrogen-bond acceptors (Lipinski definition) is 1. The maximum Gasteiger partial charge on any atom is 0.227 e. The number of aryl methyl sites for hydroxylation is 1. The second kappa shape index (κ2) is 5.08. The number of hydrogen-bond donors (Lipinski definition) is 0. The maximum atomic E-state index is 12.8. The summed E-state index contributed by atoms with van der Waals surface area (Å²) >= 11 is 0. The molecule has 0 saturated carbocycles. The van der Waals surface area contributed by atoms with Gasteiger partial charge in [-0.3, -0.25) is 4.79 Å². The molecule has 1 aromatic heterocycles. The Bertz CT molecular complexity index is 576. The second-order valence-corrected chi connectivity index (χ2v) is 4.33. The molecule has 0 fully saturated rings. The lowest BCUT2D eigenvalue weighted by molar-refractivity contribution is -0.689. The average Bonchev–Trinajstić information content (AvgIpc) is 2.36. The van der Waals surface area contributed by atoms with Crippen molar-refractivity contribution in [1.82, 2.24) is 0 Å². The lowest BCUT2D eigenvalue weighted by Crippen LogP contribution is -2.41. The molecule has 3 heteroatoms. The van der Waals surface area contributed by atoms with E-state index in [-0.39, 0.29) is 18.1 Å². The second-order valence-electron chi connectivity index (χ2n) is 4.33. The van der Waals surface area contributed by atoms with Crippen molar-refractivity contribution in [1.29, 1.82) is 0 Å².